The minimum absolute atomic E-state index is 0.0585. The Kier molecular flexibility index (Phi) is 5.02. The van der Waals surface area contributed by atoms with Crippen molar-refractivity contribution < 1.29 is 9.53 Å². The predicted molar refractivity (Wildman–Crippen MR) is 79.5 cm³/mol. The van der Waals surface area contributed by atoms with Crippen molar-refractivity contribution >= 4 is 17.5 Å². The fourth-order valence-electron chi connectivity index (χ4n) is 2.58. The summed E-state index contributed by atoms with van der Waals surface area (Å²) in [6.45, 7) is 5.11. The van der Waals surface area contributed by atoms with Crippen LogP contribution in [-0.4, -0.2) is 37.1 Å². The van der Waals surface area contributed by atoms with Gasteiger partial charge in [-0.15, -0.1) is 0 Å². The first-order chi connectivity index (χ1) is 9.54. The van der Waals surface area contributed by atoms with E-state index in [1.54, 1.807) is 7.11 Å². The molecule has 1 aliphatic heterocycles. The maximum atomic E-state index is 12.2. The van der Waals surface area contributed by atoms with Crippen LogP contribution in [0.15, 0.2) is 24.3 Å². The number of halogens is 1. The van der Waals surface area contributed by atoms with E-state index in [-0.39, 0.29) is 18.1 Å². The van der Waals surface area contributed by atoms with E-state index in [9.17, 15) is 4.79 Å². The van der Waals surface area contributed by atoms with Crippen LogP contribution in [0.5, 0.6) is 0 Å². The van der Waals surface area contributed by atoms with E-state index in [0.717, 1.165) is 5.56 Å². The molecule has 5 heteroatoms. The van der Waals surface area contributed by atoms with Crippen molar-refractivity contribution in [3.63, 3.8) is 0 Å². The summed E-state index contributed by atoms with van der Waals surface area (Å²) in [5.41, 5.74) is 1.04. The van der Waals surface area contributed by atoms with E-state index < -0.39 is 0 Å². The zero-order valence-electron chi connectivity index (χ0n) is 12.1. The van der Waals surface area contributed by atoms with E-state index in [4.69, 9.17) is 16.3 Å². The molecule has 1 aliphatic rings. The topological polar surface area (TPSA) is 41.6 Å². The highest BCUT2D eigenvalue weighted by atomic mass is 35.5. The molecule has 2 unspecified atom stereocenters. The van der Waals surface area contributed by atoms with Gasteiger partial charge in [0.25, 0.3) is 0 Å². The molecular formula is C15H21ClN2O2. The van der Waals surface area contributed by atoms with E-state index in [1.807, 2.05) is 29.2 Å². The van der Waals surface area contributed by atoms with Crippen molar-refractivity contribution in [2.75, 3.05) is 20.3 Å². The summed E-state index contributed by atoms with van der Waals surface area (Å²) in [5, 5.41) is 3.96. The van der Waals surface area contributed by atoms with Gasteiger partial charge in [0, 0.05) is 12.1 Å². The van der Waals surface area contributed by atoms with Gasteiger partial charge in [-0.1, -0.05) is 37.6 Å². The second-order valence-electron chi connectivity index (χ2n) is 5.40. The Morgan fingerprint density at radius 2 is 2.05 bits per heavy atom. The van der Waals surface area contributed by atoms with Crippen LogP contribution in [0, 0.1) is 5.92 Å². The van der Waals surface area contributed by atoms with Gasteiger partial charge in [0.2, 0.25) is 5.91 Å². The molecule has 0 spiro atoms. The normalized spacial score (nSPS) is 20.8. The van der Waals surface area contributed by atoms with Crippen LogP contribution in [-0.2, 0) is 9.53 Å². The van der Waals surface area contributed by atoms with Crippen molar-refractivity contribution in [3.05, 3.63) is 34.9 Å². The molecule has 1 heterocycles. The number of ether oxygens (including phenoxy) is 1. The smallest absolute Gasteiger partial charge is 0.238 e. The minimum atomic E-state index is -0.109. The van der Waals surface area contributed by atoms with Crippen molar-refractivity contribution in [1.82, 2.24) is 10.2 Å². The zero-order chi connectivity index (χ0) is 14.7. The van der Waals surface area contributed by atoms with Crippen molar-refractivity contribution in [2.45, 2.75) is 26.1 Å². The Morgan fingerprint density at radius 1 is 1.40 bits per heavy atom. The number of hydrogen-bond donors (Lipinski definition) is 1. The molecule has 0 bridgehead atoms. The fraction of sp³-hybridized carbons (Fsp3) is 0.533. The van der Waals surface area contributed by atoms with Crippen molar-refractivity contribution in [3.8, 4) is 0 Å². The second-order valence-corrected chi connectivity index (χ2v) is 5.84. The molecule has 1 fully saturated rings. The van der Waals surface area contributed by atoms with Gasteiger partial charge in [-0.2, -0.15) is 0 Å². The average molecular weight is 297 g/mol. The highest BCUT2D eigenvalue weighted by molar-refractivity contribution is 6.30. The highest BCUT2D eigenvalue weighted by Crippen LogP contribution is 2.28. The third kappa shape index (κ3) is 3.14. The Hall–Kier alpha value is -1.10. The van der Waals surface area contributed by atoms with Crippen LogP contribution in [0.3, 0.4) is 0 Å². The van der Waals surface area contributed by atoms with Crippen LogP contribution in [0.1, 0.15) is 25.6 Å². The molecule has 1 aromatic carbocycles. The van der Waals surface area contributed by atoms with Gasteiger partial charge >= 0.3 is 0 Å². The SMILES string of the molecule is COCC(C(C)C)N1C(=O)CNC1c1ccc(Cl)cc1. The van der Waals surface area contributed by atoms with Gasteiger partial charge in [-0.3, -0.25) is 10.1 Å². The number of nitrogens with zero attached hydrogens (tertiary/aromatic N) is 1. The van der Waals surface area contributed by atoms with Crippen LogP contribution >= 0.6 is 11.6 Å². The average Bonchev–Trinajstić information content (AvgIpc) is 2.78. The number of hydrogen-bond acceptors (Lipinski definition) is 3. The minimum Gasteiger partial charge on any atom is -0.383 e. The first-order valence-electron chi connectivity index (χ1n) is 6.83. The second kappa shape index (κ2) is 6.57. The molecule has 20 heavy (non-hydrogen) atoms. The molecule has 2 atom stereocenters. The number of benzene rings is 1. The Bertz CT molecular complexity index is 461. The Morgan fingerprint density at radius 3 is 2.60 bits per heavy atom. The number of amides is 1. The molecule has 1 amide bonds. The highest BCUT2D eigenvalue weighted by Gasteiger charge is 2.37. The molecule has 1 N–H and O–H groups in total. The van der Waals surface area contributed by atoms with E-state index in [1.165, 1.54) is 0 Å². The lowest BCUT2D eigenvalue weighted by Crippen LogP contribution is -2.45. The van der Waals surface area contributed by atoms with Gasteiger partial charge in [0.1, 0.15) is 6.17 Å². The summed E-state index contributed by atoms with van der Waals surface area (Å²) in [4.78, 5) is 14.1. The van der Waals surface area contributed by atoms with Crippen LogP contribution in [0.4, 0.5) is 0 Å². The van der Waals surface area contributed by atoms with Crippen LogP contribution in [0.2, 0.25) is 5.02 Å². The van der Waals surface area contributed by atoms with E-state index in [2.05, 4.69) is 19.2 Å². The third-order valence-electron chi connectivity index (χ3n) is 3.66. The molecule has 2 rings (SSSR count). The zero-order valence-corrected chi connectivity index (χ0v) is 12.9. The maximum absolute atomic E-state index is 12.2. The molecular weight excluding hydrogens is 276 g/mol. The van der Waals surface area contributed by atoms with Crippen LogP contribution < -0.4 is 5.32 Å². The van der Waals surface area contributed by atoms with Gasteiger partial charge in [-0.25, -0.2) is 0 Å². The largest absolute Gasteiger partial charge is 0.383 e. The lowest BCUT2D eigenvalue weighted by atomic mass is 10.0. The summed E-state index contributed by atoms with van der Waals surface area (Å²) < 4.78 is 5.29. The molecule has 0 saturated carbocycles. The lowest BCUT2D eigenvalue weighted by molar-refractivity contribution is -0.132. The van der Waals surface area contributed by atoms with Crippen LogP contribution in [0.25, 0.3) is 0 Å². The summed E-state index contributed by atoms with van der Waals surface area (Å²) in [6.07, 6.45) is -0.109. The molecule has 0 radical (unpaired) electrons. The first-order valence-corrected chi connectivity index (χ1v) is 7.21. The van der Waals surface area contributed by atoms with Gasteiger partial charge in [0.15, 0.2) is 0 Å². The fourth-order valence-corrected chi connectivity index (χ4v) is 2.71. The molecule has 1 saturated heterocycles. The number of carbonyl (C=O) groups is 1. The standard InChI is InChI=1S/C15H21ClN2O2/c1-10(2)13(9-20-3)18-14(19)8-17-15(18)11-4-6-12(16)7-5-11/h4-7,10,13,15,17H,8-9H2,1-3H3. The molecule has 0 aromatic heterocycles. The van der Waals surface area contributed by atoms with Gasteiger partial charge < -0.3 is 9.64 Å². The first kappa shape index (κ1) is 15.3. The molecule has 1 aromatic rings. The molecule has 4 nitrogen and oxygen atoms in total. The number of nitrogens with one attached hydrogen (secondary N) is 1. The van der Waals surface area contributed by atoms with Crippen molar-refractivity contribution in [1.29, 1.82) is 0 Å². The molecule has 110 valence electrons. The summed E-state index contributed by atoms with van der Waals surface area (Å²) in [6, 6.07) is 7.66. The predicted octanol–water partition coefficient (Wildman–Crippen LogP) is 2.44. The van der Waals surface area contributed by atoms with Gasteiger partial charge in [-0.05, 0) is 23.6 Å². The van der Waals surface area contributed by atoms with Crippen molar-refractivity contribution in [2.24, 2.45) is 5.92 Å². The summed E-state index contributed by atoms with van der Waals surface area (Å²) >= 11 is 5.93. The van der Waals surface area contributed by atoms with E-state index in [0.29, 0.717) is 24.1 Å². The molecule has 0 aliphatic carbocycles. The summed E-state index contributed by atoms with van der Waals surface area (Å²) in [5.74, 6) is 0.439. The number of methoxy groups -OCH3 is 1. The monoisotopic (exact) mass is 296 g/mol. The Labute approximate surface area is 125 Å². The number of carbonyl (C=O) groups excluding carboxylic acids is 1. The maximum Gasteiger partial charge on any atom is 0.238 e. The summed E-state index contributed by atoms with van der Waals surface area (Å²) in [7, 11) is 1.67. The van der Waals surface area contributed by atoms with Gasteiger partial charge in [0.05, 0.1) is 19.2 Å². The van der Waals surface area contributed by atoms with E-state index >= 15 is 0 Å². The third-order valence-corrected chi connectivity index (χ3v) is 3.91. The quantitative estimate of drug-likeness (QED) is 0.907. The number of rotatable bonds is 5. The Balaban J connectivity index is 2.27. The lowest BCUT2D eigenvalue weighted by Gasteiger charge is -2.35.